The molecule has 0 bridgehead atoms. The lowest BCUT2D eigenvalue weighted by Gasteiger charge is -2.13. The van der Waals surface area contributed by atoms with Crippen LogP contribution in [0.3, 0.4) is 0 Å². The van der Waals surface area contributed by atoms with Gasteiger partial charge in [0.1, 0.15) is 0 Å². The number of amides is 1. The molecule has 2 N–H and O–H groups in total. The van der Waals surface area contributed by atoms with Gasteiger partial charge >= 0.3 is 0 Å². The van der Waals surface area contributed by atoms with Gasteiger partial charge in [0, 0.05) is 26.7 Å². The summed E-state index contributed by atoms with van der Waals surface area (Å²) >= 11 is 0. The van der Waals surface area contributed by atoms with E-state index in [0.717, 1.165) is 0 Å². The zero-order chi connectivity index (χ0) is 10.3. The van der Waals surface area contributed by atoms with Crippen molar-refractivity contribution >= 4 is 13.4 Å². The van der Waals surface area contributed by atoms with E-state index in [2.05, 4.69) is 10.4 Å². The molecule has 0 heterocycles. The monoisotopic (exact) mass is 208 g/mol. The van der Waals surface area contributed by atoms with Crippen molar-refractivity contribution in [2.45, 2.75) is 13.8 Å². The van der Waals surface area contributed by atoms with E-state index in [1.54, 1.807) is 6.92 Å². The van der Waals surface area contributed by atoms with Crippen LogP contribution in [0.15, 0.2) is 0 Å². The van der Waals surface area contributed by atoms with Gasteiger partial charge in [0.2, 0.25) is 5.91 Å². The smallest absolute Gasteiger partial charge is 0.266 e. The molecule has 0 saturated heterocycles. The maximum atomic E-state index is 11.4. The Labute approximate surface area is 78.7 Å². The summed E-state index contributed by atoms with van der Waals surface area (Å²) in [6.07, 6.45) is 0. The van der Waals surface area contributed by atoms with Gasteiger partial charge in [-0.25, -0.2) is 5.09 Å². The van der Waals surface area contributed by atoms with Gasteiger partial charge in [-0.15, -0.1) is 0 Å². The van der Waals surface area contributed by atoms with Crippen LogP contribution in [0.4, 0.5) is 0 Å². The maximum absolute atomic E-state index is 11.4. The molecular formula is C7H17N2O3P. The Balaban J connectivity index is 3.52. The summed E-state index contributed by atoms with van der Waals surface area (Å²) in [4.78, 5) is 10.5. The number of carbonyl (C=O) groups is 1. The van der Waals surface area contributed by atoms with E-state index in [1.165, 1.54) is 13.6 Å². The fourth-order valence-electron chi connectivity index (χ4n) is 0.790. The minimum absolute atomic E-state index is 0.0934. The highest BCUT2D eigenvalue weighted by Gasteiger charge is 2.12. The van der Waals surface area contributed by atoms with E-state index in [-0.39, 0.29) is 5.91 Å². The van der Waals surface area contributed by atoms with Gasteiger partial charge in [0.05, 0.1) is 6.61 Å². The molecule has 0 aromatic carbocycles. The van der Waals surface area contributed by atoms with Gasteiger partial charge < -0.3 is 9.84 Å². The lowest BCUT2D eigenvalue weighted by Crippen LogP contribution is -2.29. The molecule has 0 aromatic heterocycles. The van der Waals surface area contributed by atoms with Crippen LogP contribution in [0.5, 0.6) is 0 Å². The highest BCUT2D eigenvalue weighted by molar-refractivity contribution is 7.56. The summed E-state index contributed by atoms with van der Waals surface area (Å²) in [6.45, 7) is 6.07. The normalized spacial score (nSPS) is 15.0. The van der Waals surface area contributed by atoms with Gasteiger partial charge in [0.15, 0.2) is 0 Å². The molecule has 6 heteroatoms. The summed E-state index contributed by atoms with van der Waals surface area (Å²) in [5.74, 6) is -0.0934. The molecule has 0 aliphatic heterocycles. The van der Waals surface area contributed by atoms with Crippen molar-refractivity contribution in [1.82, 2.24) is 10.4 Å². The van der Waals surface area contributed by atoms with E-state index in [1.807, 2.05) is 0 Å². The van der Waals surface area contributed by atoms with Crippen molar-refractivity contribution in [2.75, 3.05) is 26.4 Å². The molecule has 0 aliphatic carbocycles. The quantitative estimate of drug-likeness (QED) is 0.494. The minimum Gasteiger partial charge on any atom is -0.355 e. The minimum atomic E-state index is -2.65. The molecule has 78 valence electrons. The Kier molecular flexibility index (Phi) is 5.95. The third kappa shape index (κ3) is 7.96. The van der Waals surface area contributed by atoms with Crippen LogP contribution >= 0.6 is 7.52 Å². The van der Waals surface area contributed by atoms with Crippen LogP contribution < -0.4 is 10.4 Å². The fourth-order valence-corrected chi connectivity index (χ4v) is 1.89. The predicted molar refractivity (Wildman–Crippen MR) is 51.8 cm³/mol. The van der Waals surface area contributed by atoms with Crippen LogP contribution in [-0.4, -0.2) is 32.3 Å². The summed E-state index contributed by atoms with van der Waals surface area (Å²) in [7, 11) is -2.65. The molecule has 1 atom stereocenters. The van der Waals surface area contributed by atoms with Crippen molar-refractivity contribution < 1.29 is 13.9 Å². The molecule has 1 amide bonds. The molecule has 0 spiro atoms. The topological polar surface area (TPSA) is 67.4 Å². The molecule has 1 unspecified atom stereocenters. The molecule has 0 saturated carbocycles. The number of rotatable bonds is 6. The van der Waals surface area contributed by atoms with Crippen molar-refractivity contribution in [3.8, 4) is 0 Å². The lowest BCUT2D eigenvalue weighted by molar-refractivity contribution is -0.118. The van der Waals surface area contributed by atoms with Gasteiger partial charge in [-0.3, -0.25) is 9.36 Å². The molecule has 13 heavy (non-hydrogen) atoms. The van der Waals surface area contributed by atoms with Crippen molar-refractivity contribution in [2.24, 2.45) is 0 Å². The summed E-state index contributed by atoms with van der Waals surface area (Å²) in [6, 6.07) is 0. The zero-order valence-electron chi connectivity index (χ0n) is 8.29. The van der Waals surface area contributed by atoms with Crippen LogP contribution in [0.2, 0.25) is 0 Å². The lowest BCUT2D eigenvalue weighted by atomic mass is 10.6. The second-order valence-corrected chi connectivity index (χ2v) is 4.92. The second kappa shape index (κ2) is 6.13. The first kappa shape index (κ1) is 12.6. The zero-order valence-corrected chi connectivity index (χ0v) is 9.19. The summed E-state index contributed by atoms with van der Waals surface area (Å²) in [5.41, 5.74) is 0. The molecule has 0 aliphatic rings. The molecule has 5 nitrogen and oxygen atoms in total. The SMILES string of the molecule is CCOP(C)(=O)NCCNC(C)=O. The Morgan fingerprint density at radius 2 is 2.08 bits per heavy atom. The number of hydrogen-bond acceptors (Lipinski definition) is 3. The average Bonchev–Trinajstić information content (AvgIpc) is 1.98. The first-order chi connectivity index (χ1) is 5.98. The number of carbonyl (C=O) groups excluding carboxylic acids is 1. The predicted octanol–water partition coefficient (Wildman–Crippen LogP) is 0.571. The van der Waals surface area contributed by atoms with E-state index < -0.39 is 7.52 Å². The molecular weight excluding hydrogens is 191 g/mol. The van der Waals surface area contributed by atoms with E-state index in [4.69, 9.17) is 4.52 Å². The number of hydrogen-bond donors (Lipinski definition) is 2. The van der Waals surface area contributed by atoms with Gasteiger partial charge in [0.25, 0.3) is 7.52 Å². The fraction of sp³-hybridized carbons (Fsp3) is 0.857. The highest BCUT2D eigenvalue weighted by Crippen LogP contribution is 2.36. The molecule has 0 rings (SSSR count). The summed E-state index contributed by atoms with van der Waals surface area (Å²) < 4.78 is 16.4. The van der Waals surface area contributed by atoms with Crippen LogP contribution in [-0.2, 0) is 13.9 Å². The molecule has 0 fully saturated rings. The van der Waals surface area contributed by atoms with E-state index >= 15 is 0 Å². The van der Waals surface area contributed by atoms with Gasteiger partial charge in [-0.2, -0.15) is 0 Å². The average molecular weight is 208 g/mol. The Hall–Kier alpha value is -0.380. The largest absolute Gasteiger partial charge is 0.355 e. The van der Waals surface area contributed by atoms with E-state index in [0.29, 0.717) is 19.7 Å². The Morgan fingerprint density at radius 1 is 1.46 bits per heavy atom. The molecule has 0 radical (unpaired) electrons. The van der Waals surface area contributed by atoms with Crippen molar-refractivity contribution in [1.29, 1.82) is 0 Å². The van der Waals surface area contributed by atoms with Crippen LogP contribution in [0, 0.1) is 0 Å². The van der Waals surface area contributed by atoms with Crippen molar-refractivity contribution in [3.63, 3.8) is 0 Å². The van der Waals surface area contributed by atoms with Crippen molar-refractivity contribution in [3.05, 3.63) is 0 Å². The van der Waals surface area contributed by atoms with Gasteiger partial charge in [-0.1, -0.05) is 0 Å². The van der Waals surface area contributed by atoms with Crippen LogP contribution in [0.1, 0.15) is 13.8 Å². The Morgan fingerprint density at radius 3 is 2.54 bits per heavy atom. The van der Waals surface area contributed by atoms with Gasteiger partial charge in [-0.05, 0) is 6.92 Å². The highest BCUT2D eigenvalue weighted by atomic mass is 31.2. The maximum Gasteiger partial charge on any atom is 0.266 e. The summed E-state index contributed by atoms with van der Waals surface area (Å²) in [5, 5.41) is 5.32. The molecule has 0 aromatic rings. The Bertz CT molecular complexity index is 208. The third-order valence-electron chi connectivity index (χ3n) is 1.27. The first-order valence-electron chi connectivity index (χ1n) is 4.19. The first-order valence-corrected chi connectivity index (χ1v) is 6.26. The third-order valence-corrected chi connectivity index (χ3v) is 2.82. The van der Waals surface area contributed by atoms with Crippen LogP contribution in [0.25, 0.3) is 0 Å². The second-order valence-electron chi connectivity index (χ2n) is 2.65. The van der Waals surface area contributed by atoms with E-state index in [9.17, 15) is 9.36 Å². The standard InChI is InChI=1S/C7H17N2O3P/c1-4-12-13(3,11)9-6-5-8-7(2)10/h4-6H2,1-3H3,(H,8,10)(H,9,11). The number of nitrogens with one attached hydrogen (secondary N) is 2.